The van der Waals surface area contributed by atoms with E-state index in [1.54, 1.807) is 10.9 Å². The highest BCUT2D eigenvalue weighted by molar-refractivity contribution is 7.11. The molecule has 10 heteroatoms. The van der Waals surface area contributed by atoms with Crippen molar-refractivity contribution in [3.05, 3.63) is 52.7 Å². The summed E-state index contributed by atoms with van der Waals surface area (Å²) in [6.45, 7) is 2.81. The summed E-state index contributed by atoms with van der Waals surface area (Å²) in [6.07, 6.45) is 3.65. The number of rotatable bonds is 5. The normalized spacial score (nSPS) is 11.4. The summed E-state index contributed by atoms with van der Waals surface area (Å²) >= 11 is 1.33. The van der Waals surface area contributed by atoms with Crippen LogP contribution in [0.25, 0.3) is 33.1 Å². The van der Waals surface area contributed by atoms with E-state index in [4.69, 9.17) is 5.73 Å². The molecule has 30 heavy (non-hydrogen) atoms. The molecule has 0 bridgehead atoms. The van der Waals surface area contributed by atoms with Crippen LogP contribution in [0, 0.1) is 6.92 Å². The quantitative estimate of drug-likeness (QED) is 0.403. The highest BCUT2D eigenvalue weighted by Gasteiger charge is 2.13. The minimum Gasteiger partial charge on any atom is -0.382 e. The molecule has 4 aromatic heterocycles. The van der Waals surface area contributed by atoms with Crippen LogP contribution in [0.5, 0.6) is 0 Å². The van der Waals surface area contributed by atoms with Crippen LogP contribution >= 0.6 is 11.3 Å². The number of aromatic nitrogens is 6. The standard InChI is InChI=1S/C20H18N8OS/c1-11-10-30-20(24-11)19(29)22-6-7-28-9-14-13-3-2-12(15-4-5-23-26-15)8-16(13)25-18(21)17(14)27-28/h2-5,8-10H,6-7H2,1H3,(H2,21,25)(H,22,29)(H,23,26). The summed E-state index contributed by atoms with van der Waals surface area (Å²) in [7, 11) is 0. The van der Waals surface area contributed by atoms with Crippen molar-refractivity contribution in [1.82, 2.24) is 35.3 Å². The van der Waals surface area contributed by atoms with E-state index in [0.717, 1.165) is 33.2 Å². The zero-order valence-corrected chi connectivity index (χ0v) is 16.9. The van der Waals surface area contributed by atoms with Gasteiger partial charge in [-0.3, -0.25) is 14.6 Å². The number of nitrogens with two attached hydrogens (primary N) is 1. The molecule has 9 nitrogen and oxygen atoms in total. The Bertz CT molecular complexity index is 1370. The maximum absolute atomic E-state index is 12.1. The molecular weight excluding hydrogens is 400 g/mol. The van der Waals surface area contributed by atoms with Gasteiger partial charge in [-0.1, -0.05) is 12.1 Å². The van der Waals surface area contributed by atoms with Crippen molar-refractivity contribution in [3.8, 4) is 11.3 Å². The number of amides is 1. The molecule has 1 aromatic carbocycles. The van der Waals surface area contributed by atoms with Gasteiger partial charge in [-0.2, -0.15) is 10.2 Å². The number of nitrogen functional groups attached to an aromatic ring is 1. The van der Waals surface area contributed by atoms with Crippen molar-refractivity contribution in [2.45, 2.75) is 13.5 Å². The first-order chi connectivity index (χ1) is 14.6. The van der Waals surface area contributed by atoms with E-state index in [-0.39, 0.29) is 5.91 Å². The van der Waals surface area contributed by atoms with Gasteiger partial charge >= 0.3 is 0 Å². The Morgan fingerprint density at radius 1 is 1.27 bits per heavy atom. The molecular formula is C20H18N8OS. The molecule has 0 atom stereocenters. The first kappa shape index (κ1) is 18.3. The van der Waals surface area contributed by atoms with Crippen LogP contribution in [0.15, 0.2) is 42.0 Å². The highest BCUT2D eigenvalue weighted by atomic mass is 32.1. The first-order valence-corrected chi connectivity index (χ1v) is 10.2. The number of hydrogen-bond acceptors (Lipinski definition) is 7. The van der Waals surface area contributed by atoms with E-state index in [1.807, 2.05) is 42.8 Å². The number of aromatic amines is 1. The number of anilines is 1. The van der Waals surface area contributed by atoms with Gasteiger partial charge in [-0.25, -0.2) is 9.97 Å². The Balaban J connectivity index is 1.40. The third kappa shape index (κ3) is 3.26. The van der Waals surface area contributed by atoms with Crippen LogP contribution in [-0.2, 0) is 6.54 Å². The molecule has 4 heterocycles. The van der Waals surface area contributed by atoms with E-state index >= 15 is 0 Å². The minimum absolute atomic E-state index is 0.178. The van der Waals surface area contributed by atoms with Crippen LogP contribution in [0.1, 0.15) is 15.5 Å². The Labute approximate surface area is 175 Å². The van der Waals surface area contributed by atoms with Gasteiger partial charge in [0.2, 0.25) is 0 Å². The number of thiazole rings is 1. The molecule has 0 saturated heterocycles. The van der Waals surface area contributed by atoms with Gasteiger partial charge in [0.25, 0.3) is 5.91 Å². The van der Waals surface area contributed by atoms with E-state index in [0.29, 0.717) is 29.4 Å². The van der Waals surface area contributed by atoms with E-state index in [2.05, 4.69) is 30.6 Å². The molecule has 0 aliphatic heterocycles. The lowest BCUT2D eigenvalue weighted by molar-refractivity contribution is 0.0951. The smallest absolute Gasteiger partial charge is 0.280 e. The fourth-order valence-electron chi connectivity index (χ4n) is 3.36. The van der Waals surface area contributed by atoms with Gasteiger partial charge in [0.05, 0.1) is 17.8 Å². The molecule has 0 saturated carbocycles. The van der Waals surface area contributed by atoms with Crippen LogP contribution < -0.4 is 11.1 Å². The van der Waals surface area contributed by atoms with Gasteiger partial charge in [0.1, 0.15) is 5.52 Å². The molecule has 0 aliphatic carbocycles. The van der Waals surface area contributed by atoms with Crippen molar-refractivity contribution in [3.63, 3.8) is 0 Å². The average Bonchev–Trinajstić information content (AvgIpc) is 3.48. The van der Waals surface area contributed by atoms with Gasteiger partial charge < -0.3 is 11.1 Å². The number of H-pyrrole nitrogens is 1. The first-order valence-electron chi connectivity index (χ1n) is 9.35. The maximum Gasteiger partial charge on any atom is 0.280 e. The van der Waals surface area contributed by atoms with Crippen molar-refractivity contribution in [2.75, 3.05) is 12.3 Å². The van der Waals surface area contributed by atoms with Gasteiger partial charge in [-0.05, 0) is 19.1 Å². The van der Waals surface area contributed by atoms with Gasteiger partial charge in [0.15, 0.2) is 10.8 Å². The third-order valence-corrected chi connectivity index (χ3v) is 5.74. The minimum atomic E-state index is -0.178. The topological polar surface area (TPSA) is 127 Å². The van der Waals surface area contributed by atoms with Crippen LogP contribution in [0.3, 0.4) is 0 Å². The van der Waals surface area contributed by atoms with Crippen LogP contribution in [0.2, 0.25) is 0 Å². The molecule has 0 fully saturated rings. The Kier molecular flexibility index (Phi) is 4.40. The Morgan fingerprint density at radius 2 is 2.17 bits per heavy atom. The van der Waals surface area contributed by atoms with Crippen molar-refractivity contribution < 1.29 is 4.79 Å². The molecule has 150 valence electrons. The number of aryl methyl sites for hydroxylation is 1. The molecule has 0 radical (unpaired) electrons. The lowest BCUT2D eigenvalue weighted by Crippen LogP contribution is -2.27. The summed E-state index contributed by atoms with van der Waals surface area (Å²) in [6, 6.07) is 7.91. The largest absolute Gasteiger partial charge is 0.382 e. The second-order valence-corrected chi connectivity index (χ2v) is 7.76. The van der Waals surface area contributed by atoms with Gasteiger partial charge in [0, 0.05) is 46.3 Å². The number of hydrogen-bond donors (Lipinski definition) is 3. The summed E-state index contributed by atoms with van der Waals surface area (Å²) in [5.74, 6) is 0.197. The number of pyridine rings is 1. The number of benzene rings is 1. The monoisotopic (exact) mass is 418 g/mol. The molecule has 5 rings (SSSR count). The van der Waals surface area contributed by atoms with E-state index in [1.165, 1.54) is 11.3 Å². The van der Waals surface area contributed by atoms with Crippen molar-refractivity contribution in [1.29, 1.82) is 0 Å². The molecule has 0 unspecified atom stereocenters. The molecule has 0 aliphatic rings. The Hall–Kier alpha value is -3.79. The zero-order valence-electron chi connectivity index (χ0n) is 16.1. The predicted molar refractivity (Wildman–Crippen MR) is 116 cm³/mol. The third-order valence-electron chi connectivity index (χ3n) is 4.78. The second kappa shape index (κ2) is 7.23. The average molecular weight is 418 g/mol. The highest BCUT2D eigenvalue weighted by Crippen LogP contribution is 2.29. The lowest BCUT2D eigenvalue weighted by atomic mass is 10.1. The number of carbonyl (C=O) groups excluding carboxylic acids is 1. The van der Waals surface area contributed by atoms with Crippen LogP contribution in [0.4, 0.5) is 5.82 Å². The number of nitrogens with one attached hydrogen (secondary N) is 2. The zero-order chi connectivity index (χ0) is 20.7. The summed E-state index contributed by atoms with van der Waals surface area (Å²) in [4.78, 5) is 20.9. The maximum atomic E-state index is 12.1. The van der Waals surface area contributed by atoms with Crippen molar-refractivity contribution >= 4 is 44.9 Å². The fraction of sp³-hybridized carbons (Fsp3) is 0.150. The number of fused-ring (bicyclic) bond motifs is 3. The summed E-state index contributed by atoms with van der Waals surface area (Å²) in [5.41, 5.74) is 10.4. The second-order valence-electron chi connectivity index (χ2n) is 6.90. The van der Waals surface area contributed by atoms with E-state index in [9.17, 15) is 4.79 Å². The predicted octanol–water partition coefficient (Wildman–Crippen LogP) is 2.75. The number of nitrogens with zero attached hydrogens (tertiary/aromatic N) is 5. The van der Waals surface area contributed by atoms with Gasteiger partial charge in [-0.15, -0.1) is 11.3 Å². The SMILES string of the molecule is Cc1csc(C(=O)NCCn2cc3c(n2)c(N)nc2cc(-c4ccn[nH]4)ccc23)n1. The Morgan fingerprint density at radius 3 is 2.93 bits per heavy atom. The lowest BCUT2D eigenvalue weighted by Gasteiger charge is -2.03. The molecule has 4 N–H and O–H groups in total. The van der Waals surface area contributed by atoms with Crippen molar-refractivity contribution in [2.24, 2.45) is 0 Å². The molecule has 0 spiro atoms. The van der Waals surface area contributed by atoms with E-state index < -0.39 is 0 Å². The summed E-state index contributed by atoms with van der Waals surface area (Å²) in [5, 5.41) is 18.6. The fourth-order valence-corrected chi connectivity index (χ4v) is 4.07. The summed E-state index contributed by atoms with van der Waals surface area (Å²) < 4.78 is 1.78. The molecule has 5 aromatic rings. The molecule has 1 amide bonds. The van der Waals surface area contributed by atoms with Crippen LogP contribution in [-0.4, -0.2) is 42.4 Å². The number of carbonyl (C=O) groups is 1.